The second kappa shape index (κ2) is 9.29. The highest BCUT2D eigenvalue weighted by Gasteiger charge is 2.29. The van der Waals surface area contributed by atoms with Crippen molar-refractivity contribution in [2.45, 2.75) is 39.7 Å². The average molecular weight is 464 g/mol. The van der Waals surface area contributed by atoms with Crippen molar-refractivity contribution in [3.63, 3.8) is 0 Å². The summed E-state index contributed by atoms with van der Waals surface area (Å²) in [5, 5.41) is 0. The first kappa shape index (κ1) is 22.9. The molecule has 0 unspecified atom stereocenters. The molecule has 0 bridgehead atoms. The zero-order valence-corrected chi connectivity index (χ0v) is 18.0. The highest BCUT2D eigenvalue weighted by Crippen LogP contribution is 2.44. The molecule has 0 saturated heterocycles. The maximum Gasteiger partial charge on any atom is 0.207 e. The van der Waals surface area contributed by atoms with E-state index in [1.165, 1.54) is 24.3 Å². The minimum absolute atomic E-state index is 0.0518. The molecule has 0 aromatic heterocycles. The van der Waals surface area contributed by atoms with Gasteiger partial charge in [-0.3, -0.25) is 0 Å². The largest absolute Gasteiger partial charge is 0.491 e. The zero-order valence-electron chi connectivity index (χ0n) is 18.0. The predicted octanol–water partition coefficient (Wildman–Crippen LogP) is 7.01. The molecule has 174 valence electrons. The maximum absolute atomic E-state index is 14.8. The number of halogens is 5. The van der Waals surface area contributed by atoms with E-state index in [4.69, 9.17) is 14.2 Å². The molecule has 0 fully saturated rings. The molecule has 0 spiro atoms. The molecular formula is C25H21F5O3. The summed E-state index contributed by atoms with van der Waals surface area (Å²) in [6, 6.07) is 7.02. The number of hydrogen-bond acceptors (Lipinski definition) is 3. The van der Waals surface area contributed by atoms with E-state index in [0.717, 1.165) is 0 Å². The van der Waals surface area contributed by atoms with E-state index in [1.807, 2.05) is 6.92 Å². The van der Waals surface area contributed by atoms with Gasteiger partial charge in [-0.2, -0.15) is 13.2 Å². The second-order valence-electron chi connectivity index (χ2n) is 7.62. The summed E-state index contributed by atoms with van der Waals surface area (Å²) < 4.78 is 88.4. The summed E-state index contributed by atoms with van der Waals surface area (Å²) in [6.45, 7) is 3.25. The fourth-order valence-corrected chi connectivity index (χ4v) is 3.74. The summed E-state index contributed by atoms with van der Waals surface area (Å²) in [5.74, 6) is -6.83. The van der Waals surface area contributed by atoms with Gasteiger partial charge in [0.1, 0.15) is 6.61 Å². The van der Waals surface area contributed by atoms with E-state index in [9.17, 15) is 22.0 Å². The molecule has 0 saturated carbocycles. The molecule has 0 amide bonds. The van der Waals surface area contributed by atoms with Crippen LogP contribution in [0.25, 0.3) is 0 Å². The zero-order chi connectivity index (χ0) is 23.7. The molecule has 1 aliphatic heterocycles. The minimum atomic E-state index is -1.37. The molecule has 8 heteroatoms. The Morgan fingerprint density at radius 3 is 2.15 bits per heavy atom. The topological polar surface area (TPSA) is 27.7 Å². The van der Waals surface area contributed by atoms with Crippen molar-refractivity contribution in [2.75, 3.05) is 6.61 Å². The Balaban J connectivity index is 1.60. The summed E-state index contributed by atoms with van der Waals surface area (Å²) >= 11 is 0. The minimum Gasteiger partial charge on any atom is -0.491 e. The van der Waals surface area contributed by atoms with Crippen LogP contribution in [0.15, 0.2) is 30.3 Å². The Morgan fingerprint density at radius 2 is 1.42 bits per heavy atom. The quantitative estimate of drug-likeness (QED) is 0.276. The average Bonchev–Trinajstić information content (AvgIpc) is 2.81. The first-order valence-electron chi connectivity index (χ1n) is 10.6. The van der Waals surface area contributed by atoms with Crippen molar-refractivity contribution < 1.29 is 36.2 Å². The maximum atomic E-state index is 14.8. The summed E-state index contributed by atoms with van der Waals surface area (Å²) in [7, 11) is 0. The molecule has 0 N–H and O–H groups in total. The van der Waals surface area contributed by atoms with E-state index in [-0.39, 0.29) is 41.2 Å². The number of aryl methyl sites for hydroxylation is 1. The Labute approximate surface area is 187 Å². The first-order valence-corrected chi connectivity index (χ1v) is 10.6. The van der Waals surface area contributed by atoms with Gasteiger partial charge in [-0.15, -0.1) is 0 Å². The number of rotatable bonds is 7. The molecule has 1 heterocycles. The van der Waals surface area contributed by atoms with E-state index < -0.39 is 47.2 Å². The molecule has 0 aliphatic carbocycles. The van der Waals surface area contributed by atoms with E-state index >= 15 is 0 Å². The lowest BCUT2D eigenvalue weighted by Gasteiger charge is -2.23. The summed E-state index contributed by atoms with van der Waals surface area (Å²) in [5.41, 5.74) is 0.752. The molecule has 0 radical (unpaired) electrons. The van der Waals surface area contributed by atoms with Gasteiger partial charge in [0.25, 0.3) is 0 Å². The Hall–Kier alpha value is -3.29. The van der Waals surface area contributed by atoms with Crippen LogP contribution >= 0.6 is 0 Å². The van der Waals surface area contributed by atoms with E-state index in [1.54, 1.807) is 13.0 Å². The van der Waals surface area contributed by atoms with Crippen LogP contribution in [0, 0.1) is 29.1 Å². The highest BCUT2D eigenvalue weighted by molar-refractivity contribution is 5.55. The number of fused-ring (bicyclic) bond motifs is 2. The Kier molecular flexibility index (Phi) is 6.44. The van der Waals surface area contributed by atoms with Gasteiger partial charge in [-0.05, 0) is 31.0 Å². The number of benzene rings is 3. The second-order valence-corrected chi connectivity index (χ2v) is 7.62. The number of ether oxygens (including phenoxy) is 3. The molecule has 4 rings (SSSR count). The lowest BCUT2D eigenvalue weighted by Crippen LogP contribution is -2.11. The molecule has 1 aliphatic rings. The van der Waals surface area contributed by atoms with Crippen LogP contribution < -0.4 is 14.2 Å². The first-order chi connectivity index (χ1) is 15.8. The van der Waals surface area contributed by atoms with Gasteiger partial charge in [0.05, 0.1) is 6.61 Å². The molecular weight excluding hydrogens is 443 g/mol. The highest BCUT2D eigenvalue weighted by atomic mass is 19.2. The van der Waals surface area contributed by atoms with E-state index in [2.05, 4.69) is 0 Å². The SMILES string of the molecule is CCCc1ccc(COc2cc3c(c(F)c2F)Oc2c(ccc(OCC)c2F)C3)c(F)c1F. The van der Waals surface area contributed by atoms with Crippen molar-refractivity contribution in [2.24, 2.45) is 0 Å². The summed E-state index contributed by atoms with van der Waals surface area (Å²) in [6.07, 6.45) is 1.08. The fraction of sp³-hybridized carbons (Fsp3) is 0.280. The molecule has 33 heavy (non-hydrogen) atoms. The lowest BCUT2D eigenvalue weighted by molar-refractivity contribution is 0.272. The molecule has 0 atom stereocenters. The van der Waals surface area contributed by atoms with Crippen molar-refractivity contribution in [1.29, 1.82) is 0 Å². The normalized spacial score (nSPS) is 12.1. The summed E-state index contributed by atoms with van der Waals surface area (Å²) in [4.78, 5) is 0. The van der Waals surface area contributed by atoms with Crippen LogP contribution in [-0.4, -0.2) is 6.61 Å². The van der Waals surface area contributed by atoms with Crippen molar-refractivity contribution in [3.05, 3.63) is 81.7 Å². The van der Waals surface area contributed by atoms with Gasteiger partial charge in [0.2, 0.25) is 17.5 Å². The molecule has 3 aromatic carbocycles. The van der Waals surface area contributed by atoms with Gasteiger partial charge in [0.15, 0.2) is 34.6 Å². The third-order valence-corrected chi connectivity index (χ3v) is 5.38. The molecule has 3 nitrogen and oxygen atoms in total. The standard InChI is InChI=1S/C25H21F5O3/c1-3-5-13-6-7-15(20(27)19(13)26)12-32-18-11-16-10-14-8-9-17(31-4-2)22(29)24(14)33-25(16)23(30)21(18)28/h6-9,11H,3-5,10,12H2,1-2H3. The van der Waals surface area contributed by atoms with Crippen LogP contribution in [0.3, 0.4) is 0 Å². The van der Waals surface area contributed by atoms with Crippen molar-refractivity contribution in [1.82, 2.24) is 0 Å². The Bertz CT molecular complexity index is 1210. The Morgan fingerprint density at radius 1 is 0.727 bits per heavy atom. The van der Waals surface area contributed by atoms with Crippen LogP contribution in [0.1, 0.15) is 42.5 Å². The van der Waals surface area contributed by atoms with Gasteiger partial charge >= 0.3 is 0 Å². The predicted molar refractivity (Wildman–Crippen MR) is 111 cm³/mol. The van der Waals surface area contributed by atoms with Gasteiger partial charge in [-0.25, -0.2) is 8.78 Å². The van der Waals surface area contributed by atoms with Crippen LogP contribution in [0.5, 0.6) is 23.0 Å². The van der Waals surface area contributed by atoms with Gasteiger partial charge in [0, 0.05) is 23.1 Å². The monoisotopic (exact) mass is 464 g/mol. The van der Waals surface area contributed by atoms with Gasteiger partial charge < -0.3 is 14.2 Å². The van der Waals surface area contributed by atoms with Crippen LogP contribution in [0.4, 0.5) is 22.0 Å². The van der Waals surface area contributed by atoms with Crippen molar-refractivity contribution in [3.8, 4) is 23.0 Å². The van der Waals surface area contributed by atoms with Crippen LogP contribution in [-0.2, 0) is 19.4 Å². The third kappa shape index (κ3) is 4.21. The van der Waals surface area contributed by atoms with Crippen molar-refractivity contribution >= 4 is 0 Å². The number of hydrogen-bond donors (Lipinski definition) is 0. The third-order valence-electron chi connectivity index (χ3n) is 5.38. The molecule has 3 aromatic rings. The van der Waals surface area contributed by atoms with Gasteiger partial charge in [-0.1, -0.05) is 31.5 Å². The lowest BCUT2D eigenvalue weighted by atomic mass is 9.99. The fourth-order valence-electron chi connectivity index (χ4n) is 3.74. The smallest absolute Gasteiger partial charge is 0.207 e. The van der Waals surface area contributed by atoms with E-state index in [0.29, 0.717) is 18.4 Å². The van der Waals surface area contributed by atoms with Crippen LogP contribution in [0.2, 0.25) is 0 Å².